The van der Waals surface area contributed by atoms with Crippen LogP contribution in [0.15, 0.2) is 36.5 Å². The minimum absolute atomic E-state index is 0.0208. The molecule has 10 heteroatoms. The highest BCUT2D eigenvalue weighted by Crippen LogP contribution is 2.26. The van der Waals surface area contributed by atoms with Crippen molar-refractivity contribution in [2.45, 2.75) is 25.8 Å². The van der Waals surface area contributed by atoms with Crippen LogP contribution in [0.3, 0.4) is 0 Å². The molecule has 2 aromatic heterocycles. The van der Waals surface area contributed by atoms with Gasteiger partial charge in [-0.1, -0.05) is 11.6 Å². The lowest BCUT2D eigenvalue weighted by molar-refractivity contribution is 0.0736. The largest absolute Gasteiger partial charge is 0.338 e. The van der Waals surface area contributed by atoms with Crippen LogP contribution in [0.2, 0.25) is 5.02 Å². The number of amides is 1. The van der Waals surface area contributed by atoms with Crippen LogP contribution < -0.4 is 16.4 Å². The highest BCUT2D eigenvalue weighted by Gasteiger charge is 2.31. The minimum atomic E-state index is -0.186. The predicted molar refractivity (Wildman–Crippen MR) is 116 cm³/mol. The number of carbonyl (C=O) groups excluding carboxylic acids is 1. The number of likely N-dealkylation sites (tertiary alicyclic amines) is 1. The third-order valence-corrected chi connectivity index (χ3v) is 5.21. The molecule has 1 amide bonds. The van der Waals surface area contributed by atoms with Crippen LogP contribution >= 0.6 is 11.6 Å². The van der Waals surface area contributed by atoms with Gasteiger partial charge in [0, 0.05) is 41.6 Å². The first-order valence-corrected chi connectivity index (χ1v) is 10.1. The van der Waals surface area contributed by atoms with E-state index in [4.69, 9.17) is 17.3 Å². The average molecular weight is 427 g/mol. The summed E-state index contributed by atoms with van der Waals surface area (Å²) in [7, 11) is 0. The molecule has 0 aliphatic carbocycles. The number of H-pyrrole nitrogens is 1. The van der Waals surface area contributed by atoms with Crippen molar-refractivity contribution in [2.24, 2.45) is 5.73 Å². The molecular formula is C20H23ClN8O. The highest BCUT2D eigenvalue weighted by molar-refractivity contribution is 6.30. The van der Waals surface area contributed by atoms with Gasteiger partial charge in [0.05, 0.1) is 6.20 Å². The van der Waals surface area contributed by atoms with Crippen molar-refractivity contribution < 1.29 is 4.79 Å². The molecule has 156 valence electrons. The molecule has 0 saturated carbocycles. The van der Waals surface area contributed by atoms with E-state index in [0.29, 0.717) is 35.6 Å². The fraction of sp³-hybridized carbons (Fsp3) is 0.300. The van der Waals surface area contributed by atoms with Gasteiger partial charge in [-0.15, -0.1) is 0 Å². The molecule has 5 N–H and O–H groups in total. The lowest BCUT2D eigenvalue weighted by Gasteiger charge is -2.24. The molecule has 3 heterocycles. The quantitative estimate of drug-likeness (QED) is 0.476. The summed E-state index contributed by atoms with van der Waals surface area (Å²) in [6.07, 6.45) is 3.35. The van der Waals surface area contributed by atoms with Crippen LogP contribution in [-0.2, 0) is 0 Å². The number of benzene rings is 1. The summed E-state index contributed by atoms with van der Waals surface area (Å²) in [5.74, 6) is 1.24. The smallest absolute Gasteiger partial charge is 0.276 e. The van der Waals surface area contributed by atoms with Crippen molar-refractivity contribution in [3.05, 3.63) is 52.9 Å². The van der Waals surface area contributed by atoms with E-state index in [1.165, 1.54) is 6.20 Å². The average Bonchev–Trinajstić information content (AvgIpc) is 3.38. The number of rotatable bonds is 6. The van der Waals surface area contributed by atoms with Gasteiger partial charge in [-0.2, -0.15) is 5.10 Å². The van der Waals surface area contributed by atoms with Gasteiger partial charge in [0.15, 0.2) is 23.1 Å². The SMILES string of the molecule is Cc1cc(Nc2cnc(C(=O)N3CCCC3CN)c(Nc3ccc(Cl)cc3)n2)n[nH]1. The molecule has 9 nitrogen and oxygen atoms in total. The van der Waals surface area contributed by atoms with E-state index in [2.05, 4.69) is 30.8 Å². The molecule has 4 rings (SSSR count). The molecule has 1 unspecified atom stereocenters. The maximum Gasteiger partial charge on any atom is 0.276 e. The van der Waals surface area contributed by atoms with Gasteiger partial charge in [0.2, 0.25) is 0 Å². The van der Waals surface area contributed by atoms with Gasteiger partial charge in [0.1, 0.15) is 0 Å². The molecule has 3 aromatic rings. The number of hydrogen-bond donors (Lipinski definition) is 4. The predicted octanol–water partition coefficient (Wildman–Crippen LogP) is 3.21. The number of anilines is 4. The molecule has 1 aliphatic rings. The van der Waals surface area contributed by atoms with Gasteiger partial charge >= 0.3 is 0 Å². The molecule has 1 fully saturated rings. The number of aromatic nitrogens is 4. The van der Waals surface area contributed by atoms with Crippen molar-refractivity contribution in [1.29, 1.82) is 0 Å². The Bertz CT molecular complexity index is 1040. The zero-order valence-electron chi connectivity index (χ0n) is 16.5. The van der Waals surface area contributed by atoms with E-state index in [1.54, 1.807) is 17.0 Å². The molecule has 1 saturated heterocycles. The first-order valence-electron chi connectivity index (χ1n) is 9.73. The maximum atomic E-state index is 13.2. The van der Waals surface area contributed by atoms with Gasteiger partial charge in [0.25, 0.3) is 5.91 Å². The Balaban J connectivity index is 1.66. The summed E-state index contributed by atoms with van der Waals surface area (Å²) in [5.41, 5.74) is 7.75. The lowest BCUT2D eigenvalue weighted by Crippen LogP contribution is -2.40. The molecule has 0 radical (unpaired) electrons. The summed E-state index contributed by atoms with van der Waals surface area (Å²) in [5, 5.41) is 13.9. The van der Waals surface area contributed by atoms with Gasteiger partial charge in [-0.3, -0.25) is 9.89 Å². The van der Waals surface area contributed by atoms with Crippen molar-refractivity contribution in [3.63, 3.8) is 0 Å². The summed E-state index contributed by atoms with van der Waals surface area (Å²) in [6, 6.07) is 9.02. The number of aromatic amines is 1. The highest BCUT2D eigenvalue weighted by atomic mass is 35.5. The van der Waals surface area contributed by atoms with Crippen LogP contribution in [0.25, 0.3) is 0 Å². The molecular weight excluding hydrogens is 404 g/mol. The van der Waals surface area contributed by atoms with E-state index in [-0.39, 0.29) is 17.6 Å². The van der Waals surface area contributed by atoms with Crippen molar-refractivity contribution in [3.8, 4) is 0 Å². The molecule has 1 aromatic carbocycles. The third kappa shape index (κ3) is 4.37. The van der Waals surface area contributed by atoms with Crippen LogP contribution in [0.5, 0.6) is 0 Å². The molecule has 1 atom stereocenters. The first kappa shape index (κ1) is 20.1. The minimum Gasteiger partial charge on any atom is -0.338 e. The zero-order chi connectivity index (χ0) is 21.1. The Hall–Kier alpha value is -3.17. The second kappa shape index (κ2) is 8.68. The van der Waals surface area contributed by atoms with E-state index >= 15 is 0 Å². The topological polar surface area (TPSA) is 125 Å². The summed E-state index contributed by atoms with van der Waals surface area (Å²) in [6.45, 7) is 3.00. The van der Waals surface area contributed by atoms with Crippen LogP contribution in [-0.4, -0.2) is 50.1 Å². The van der Waals surface area contributed by atoms with Gasteiger partial charge in [-0.25, -0.2) is 9.97 Å². The number of nitrogens with two attached hydrogens (primary N) is 1. The molecule has 30 heavy (non-hydrogen) atoms. The van der Waals surface area contributed by atoms with Crippen molar-refractivity contribution in [1.82, 2.24) is 25.1 Å². The Morgan fingerprint density at radius 1 is 1.30 bits per heavy atom. The van der Waals surface area contributed by atoms with E-state index < -0.39 is 0 Å². The number of nitrogens with one attached hydrogen (secondary N) is 3. The summed E-state index contributed by atoms with van der Waals surface area (Å²) < 4.78 is 0. The van der Waals surface area contributed by atoms with Crippen LogP contribution in [0.1, 0.15) is 29.0 Å². The fourth-order valence-corrected chi connectivity index (χ4v) is 3.59. The van der Waals surface area contributed by atoms with Gasteiger partial charge < -0.3 is 21.3 Å². The monoisotopic (exact) mass is 426 g/mol. The van der Waals surface area contributed by atoms with E-state index in [0.717, 1.165) is 24.2 Å². The number of halogens is 1. The molecule has 1 aliphatic heterocycles. The van der Waals surface area contributed by atoms with Crippen LogP contribution in [0, 0.1) is 6.92 Å². The Morgan fingerprint density at radius 3 is 2.80 bits per heavy atom. The van der Waals surface area contributed by atoms with Crippen molar-refractivity contribution >= 4 is 40.6 Å². The Labute approximate surface area is 179 Å². The van der Waals surface area contributed by atoms with Crippen molar-refractivity contribution in [2.75, 3.05) is 23.7 Å². The Morgan fingerprint density at radius 2 is 2.10 bits per heavy atom. The number of aryl methyl sites for hydroxylation is 1. The normalized spacial score (nSPS) is 16.0. The lowest BCUT2D eigenvalue weighted by atomic mass is 10.2. The second-order valence-electron chi connectivity index (χ2n) is 7.18. The summed E-state index contributed by atoms with van der Waals surface area (Å²) >= 11 is 5.98. The van der Waals surface area contributed by atoms with E-state index in [1.807, 2.05) is 25.1 Å². The third-order valence-electron chi connectivity index (χ3n) is 4.95. The maximum absolute atomic E-state index is 13.2. The second-order valence-corrected chi connectivity index (χ2v) is 7.61. The fourth-order valence-electron chi connectivity index (χ4n) is 3.46. The van der Waals surface area contributed by atoms with Gasteiger partial charge in [-0.05, 0) is 44.0 Å². The number of hydrogen-bond acceptors (Lipinski definition) is 7. The molecule has 0 bridgehead atoms. The number of carbonyl (C=O) groups is 1. The standard InChI is InChI=1S/C20H23ClN8O/c1-12-9-16(28-27-12)25-17-11-23-18(20(30)29-8-2-3-15(29)10-22)19(26-17)24-14-6-4-13(21)5-7-14/h4-7,9,11,15H,2-3,8,10,22H2,1H3,(H3,24,25,26,27,28). The molecule has 0 spiro atoms. The Kier molecular flexibility index (Phi) is 5.82. The number of nitrogens with zero attached hydrogens (tertiary/aromatic N) is 4. The first-order chi connectivity index (χ1) is 14.5. The van der Waals surface area contributed by atoms with E-state index in [9.17, 15) is 4.79 Å². The van der Waals surface area contributed by atoms with Crippen LogP contribution in [0.4, 0.5) is 23.1 Å². The zero-order valence-corrected chi connectivity index (χ0v) is 17.3. The summed E-state index contributed by atoms with van der Waals surface area (Å²) in [4.78, 5) is 24.0.